The van der Waals surface area contributed by atoms with Crippen LogP contribution in [0.3, 0.4) is 0 Å². The van der Waals surface area contributed by atoms with E-state index < -0.39 is 0 Å². The monoisotopic (exact) mass is 249 g/mol. The zero-order valence-electron chi connectivity index (χ0n) is 12.0. The van der Waals surface area contributed by atoms with Crippen LogP contribution in [0.5, 0.6) is 0 Å². The minimum absolute atomic E-state index is 0.453. The van der Waals surface area contributed by atoms with E-state index >= 15 is 0 Å². The Morgan fingerprint density at radius 2 is 2.17 bits per heavy atom. The molecule has 0 radical (unpaired) electrons. The molecule has 0 saturated heterocycles. The predicted octanol–water partition coefficient (Wildman–Crippen LogP) is 3.02. The summed E-state index contributed by atoms with van der Waals surface area (Å²) in [5, 5.41) is 4.67. The van der Waals surface area contributed by atoms with Gasteiger partial charge in [0.2, 0.25) is 0 Å². The lowest BCUT2D eigenvalue weighted by Crippen LogP contribution is -2.31. The van der Waals surface area contributed by atoms with E-state index in [2.05, 4.69) is 42.8 Å². The molecular weight excluding hydrogens is 222 g/mol. The quantitative estimate of drug-likeness (QED) is 0.891. The molecule has 0 spiro atoms. The van der Waals surface area contributed by atoms with Crippen LogP contribution in [0, 0.1) is 17.8 Å². The first-order valence-corrected chi connectivity index (χ1v) is 7.34. The van der Waals surface area contributed by atoms with Crippen LogP contribution < -0.4 is 5.73 Å². The van der Waals surface area contributed by atoms with Gasteiger partial charge in [0.05, 0.1) is 5.69 Å². The van der Waals surface area contributed by atoms with Gasteiger partial charge in [0.15, 0.2) is 0 Å². The van der Waals surface area contributed by atoms with Crippen molar-refractivity contribution in [3.63, 3.8) is 0 Å². The van der Waals surface area contributed by atoms with Crippen LogP contribution >= 0.6 is 0 Å². The van der Waals surface area contributed by atoms with Gasteiger partial charge >= 0.3 is 0 Å². The summed E-state index contributed by atoms with van der Waals surface area (Å²) < 4.78 is 2.05. The number of aromatic nitrogens is 2. The molecule has 0 aromatic carbocycles. The molecule has 1 heterocycles. The Bertz CT molecular complexity index is 370. The molecule has 2 rings (SSSR count). The molecule has 18 heavy (non-hydrogen) atoms. The number of hydrogen-bond acceptors (Lipinski definition) is 2. The van der Waals surface area contributed by atoms with E-state index in [1.54, 1.807) is 0 Å². The first-order chi connectivity index (χ1) is 8.60. The smallest absolute Gasteiger partial charge is 0.0627 e. The molecular formula is C15H27N3. The fourth-order valence-electron chi connectivity index (χ4n) is 3.16. The molecule has 0 bridgehead atoms. The highest BCUT2D eigenvalue weighted by molar-refractivity contribution is 5.02. The Morgan fingerprint density at radius 1 is 1.39 bits per heavy atom. The lowest BCUT2D eigenvalue weighted by molar-refractivity contribution is 0.192. The van der Waals surface area contributed by atoms with Gasteiger partial charge in [-0.25, -0.2) is 0 Å². The average Bonchev–Trinajstić information content (AvgIpc) is 2.78. The zero-order valence-corrected chi connectivity index (χ0v) is 12.0. The van der Waals surface area contributed by atoms with Crippen molar-refractivity contribution in [1.82, 2.24) is 9.78 Å². The molecule has 1 aliphatic carbocycles. The largest absolute Gasteiger partial charge is 0.330 e. The third-order valence-corrected chi connectivity index (χ3v) is 4.37. The van der Waals surface area contributed by atoms with Gasteiger partial charge in [0.1, 0.15) is 0 Å². The van der Waals surface area contributed by atoms with E-state index in [0.717, 1.165) is 24.8 Å². The van der Waals surface area contributed by atoms with Gasteiger partial charge < -0.3 is 5.73 Å². The molecule has 3 unspecified atom stereocenters. The summed E-state index contributed by atoms with van der Waals surface area (Å²) in [6.07, 6.45) is 7.16. The molecule has 1 saturated carbocycles. The Labute approximate surface area is 111 Å². The third-order valence-electron chi connectivity index (χ3n) is 4.37. The summed E-state index contributed by atoms with van der Waals surface area (Å²) in [7, 11) is 0. The van der Waals surface area contributed by atoms with Crippen molar-refractivity contribution < 1.29 is 0 Å². The second-order valence-corrected chi connectivity index (χ2v) is 6.26. The van der Waals surface area contributed by atoms with Crippen molar-refractivity contribution >= 4 is 0 Å². The Balaban J connectivity index is 2.01. The van der Waals surface area contributed by atoms with E-state index in [1.807, 2.05) is 0 Å². The summed E-state index contributed by atoms with van der Waals surface area (Å²) in [6, 6.07) is 2.63. The zero-order chi connectivity index (χ0) is 13.1. The number of rotatable bonds is 4. The van der Waals surface area contributed by atoms with Crippen molar-refractivity contribution in [3.8, 4) is 0 Å². The van der Waals surface area contributed by atoms with Crippen molar-refractivity contribution in [1.29, 1.82) is 0 Å². The van der Waals surface area contributed by atoms with Gasteiger partial charge in [-0.2, -0.15) is 5.10 Å². The number of hydrogen-bond donors (Lipinski definition) is 1. The number of nitrogens with two attached hydrogens (primary N) is 1. The van der Waals surface area contributed by atoms with Crippen LogP contribution in [0.2, 0.25) is 0 Å². The second kappa shape index (κ2) is 5.87. The lowest BCUT2D eigenvalue weighted by atomic mass is 9.73. The highest BCUT2D eigenvalue weighted by Gasteiger charge is 2.28. The van der Waals surface area contributed by atoms with Crippen LogP contribution in [-0.2, 0) is 6.42 Å². The van der Waals surface area contributed by atoms with Crippen LogP contribution in [-0.4, -0.2) is 16.3 Å². The maximum Gasteiger partial charge on any atom is 0.0627 e. The topological polar surface area (TPSA) is 43.8 Å². The maximum absolute atomic E-state index is 5.92. The highest BCUT2D eigenvalue weighted by atomic mass is 15.3. The molecule has 1 aliphatic rings. The number of nitrogens with zero attached hydrogens (tertiary/aromatic N) is 2. The van der Waals surface area contributed by atoms with Crippen LogP contribution in [0.4, 0.5) is 0 Å². The molecule has 102 valence electrons. The molecule has 0 amide bonds. The van der Waals surface area contributed by atoms with Gasteiger partial charge in [-0.15, -0.1) is 0 Å². The summed E-state index contributed by atoms with van der Waals surface area (Å²) in [5.41, 5.74) is 7.16. The van der Waals surface area contributed by atoms with Crippen molar-refractivity contribution in [2.24, 2.45) is 23.5 Å². The molecule has 3 heteroatoms. The van der Waals surface area contributed by atoms with Gasteiger partial charge in [-0.05, 0) is 63.5 Å². The molecule has 0 aliphatic heterocycles. The van der Waals surface area contributed by atoms with Gasteiger partial charge in [0, 0.05) is 12.2 Å². The standard InChI is InChI=1S/C15H27N3/c1-11(2)18-7-6-15(17-18)9-14-8-12(3)4-5-13(14)10-16/h6-7,11-14H,4-5,8-10,16H2,1-3H3. The van der Waals surface area contributed by atoms with E-state index in [1.165, 1.54) is 25.0 Å². The SMILES string of the molecule is CC1CCC(CN)C(Cc2ccn(C(C)C)n2)C1. The van der Waals surface area contributed by atoms with Gasteiger partial charge in [-0.3, -0.25) is 4.68 Å². The van der Waals surface area contributed by atoms with Crippen LogP contribution in [0.25, 0.3) is 0 Å². The molecule has 1 aromatic heterocycles. The fraction of sp³-hybridized carbons (Fsp3) is 0.800. The molecule has 1 aromatic rings. The summed E-state index contributed by atoms with van der Waals surface area (Å²) in [4.78, 5) is 0. The Hall–Kier alpha value is -0.830. The Morgan fingerprint density at radius 3 is 2.78 bits per heavy atom. The van der Waals surface area contributed by atoms with Gasteiger partial charge in [0.25, 0.3) is 0 Å². The summed E-state index contributed by atoms with van der Waals surface area (Å²) >= 11 is 0. The summed E-state index contributed by atoms with van der Waals surface area (Å²) in [6.45, 7) is 7.54. The van der Waals surface area contributed by atoms with Crippen LogP contribution in [0.15, 0.2) is 12.3 Å². The van der Waals surface area contributed by atoms with Crippen molar-refractivity contribution in [2.75, 3.05) is 6.54 Å². The molecule has 1 fully saturated rings. The highest BCUT2D eigenvalue weighted by Crippen LogP contribution is 2.35. The van der Waals surface area contributed by atoms with E-state index in [0.29, 0.717) is 12.0 Å². The second-order valence-electron chi connectivity index (χ2n) is 6.26. The minimum Gasteiger partial charge on any atom is -0.330 e. The van der Waals surface area contributed by atoms with Crippen molar-refractivity contribution in [3.05, 3.63) is 18.0 Å². The van der Waals surface area contributed by atoms with Crippen LogP contribution in [0.1, 0.15) is 51.8 Å². The third kappa shape index (κ3) is 3.14. The average molecular weight is 249 g/mol. The Kier molecular flexibility index (Phi) is 4.44. The first kappa shape index (κ1) is 13.6. The molecule has 2 N–H and O–H groups in total. The first-order valence-electron chi connectivity index (χ1n) is 7.34. The van der Waals surface area contributed by atoms with E-state index in [-0.39, 0.29) is 0 Å². The van der Waals surface area contributed by atoms with E-state index in [9.17, 15) is 0 Å². The van der Waals surface area contributed by atoms with Crippen molar-refractivity contribution in [2.45, 2.75) is 52.5 Å². The van der Waals surface area contributed by atoms with E-state index in [4.69, 9.17) is 5.73 Å². The fourth-order valence-corrected chi connectivity index (χ4v) is 3.16. The normalized spacial score (nSPS) is 28.8. The molecule has 3 atom stereocenters. The molecule has 3 nitrogen and oxygen atoms in total. The summed E-state index contributed by atoms with van der Waals surface area (Å²) in [5.74, 6) is 2.28. The van der Waals surface area contributed by atoms with Gasteiger partial charge in [-0.1, -0.05) is 13.3 Å². The maximum atomic E-state index is 5.92. The predicted molar refractivity (Wildman–Crippen MR) is 75.4 cm³/mol. The minimum atomic E-state index is 0.453. The lowest BCUT2D eigenvalue weighted by Gasteiger charge is -2.33.